The summed E-state index contributed by atoms with van der Waals surface area (Å²) in [6.45, 7) is 8.59. The summed E-state index contributed by atoms with van der Waals surface area (Å²) in [7, 11) is -1.77. The molecule has 26 heavy (non-hydrogen) atoms. The van der Waals surface area contributed by atoms with Crippen molar-refractivity contribution in [1.29, 1.82) is 0 Å². The standard InChI is InChI=1S/C20H32Cl2N2OSi/c1-4-26(5-2,6-3)25-18(19-16(21)12-24-13-17(19)22)14-23-11-15-9-20(10-15)7-8-20/h12-13,15,18,23H,4-11,14H2,1-3H3. The van der Waals surface area contributed by atoms with Crippen molar-refractivity contribution in [2.45, 2.75) is 70.7 Å². The van der Waals surface area contributed by atoms with Gasteiger partial charge in [0.2, 0.25) is 0 Å². The fourth-order valence-corrected chi connectivity index (χ4v) is 7.96. The number of pyridine rings is 1. The summed E-state index contributed by atoms with van der Waals surface area (Å²) in [6, 6.07) is 3.34. The van der Waals surface area contributed by atoms with E-state index < -0.39 is 8.32 Å². The Balaban J connectivity index is 1.68. The van der Waals surface area contributed by atoms with Crippen molar-refractivity contribution < 1.29 is 4.43 Å². The molecule has 0 aliphatic heterocycles. The molecule has 0 amide bonds. The van der Waals surface area contributed by atoms with E-state index in [2.05, 4.69) is 31.1 Å². The molecule has 1 heterocycles. The third kappa shape index (κ3) is 4.47. The number of rotatable bonds is 10. The highest BCUT2D eigenvalue weighted by Gasteiger charge is 2.52. The highest BCUT2D eigenvalue weighted by Crippen LogP contribution is 2.63. The van der Waals surface area contributed by atoms with Crippen molar-refractivity contribution in [2.75, 3.05) is 13.1 Å². The molecule has 2 aliphatic carbocycles. The monoisotopic (exact) mass is 414 g/mol. The zero-order valence-electron chi connectivity index (χ0n) is 16.3. The number of halogens is 2. The summed E-state index contributed by atoms with van der Waals surface area (Å²) >= 11 is 12.9. The van der Waals surface area contributed by atoms with E-state index in [0.29, 0.717) is 10.0 Å². The minimum Gasteiger partial charge on any atom is -0.409 e. The summed E-state index contributed by atoms with van der Waals surface area (Å²) in [5, 5.41) is 4.88. The summed E-state index contributed by atoms with van der Waals surface area (Å²) < 4.78 is 6.80. The van der Waals surface area contributed by atoms with Crippen LogP contribution in [0.25, 0.3) is 0 Å². The van der Waals surface area contributed by atoms with Crippen molar-refractivity contribution in [2.24, 2.45) is 11.3 Å². The number of hydrogen-bond acceptors (Lipinski definition) is 3. The van der Waals surface area contributed by atoms with Crippen LogP contribution in [0.1, 0.15) is 58.1 Å². The maximum Gasteiger partial charge on any atom is 0.192 e. The summed E-state index contributed by atoms with van der Waals surface area (Å²) in [5.41, 5.74) is 1.66. The molecule has 1 spiro atoms. The first-order chi connectivity index (χ1) is 12.5. The molecule has 1 unspecified atom stereocenters. The normalized spacial score (nSPS) is 20.2. The van der Waals surface area contributed by atoms with Crippen LogP contribution < -0.4 is 5.32 Å². The van der Waals surface area contributed by atoms with E-state index in [1.54, 1.807) is 12.4 Å². The number of nitrogens with zero attached hydrogens (tertiary/aromatic N) is 1. The molecule has 1 atom stereocenters. The summed E-state index contributed by atoms with van der Waals surface area (Å²) in [5.74, 6) is 0.826. The number of nitrogens with one attached hydrogen (secondary N) is 1. The molecular formula is C20H32Cl2N2OSi. The topological polar surface area (TPSA) is 34.1 Å². The maximum atomic E-state index is 6.80. The van der Waals surface area contributed by atoms with Gasteiger partial charge in [0.1, 0.15) is 0 Å². The predicted molar refractivity (Wildman–Crippen MR) is 113 cm³/mol. The Kier molecular flexibility index (Phi) is 6.72. The quantitative estimate of drug-likeness (QED) is 0.460. The Labute approximate surface area is 169 Å². The van der Waals surface area contributed by atoms with Crippen molar-refractivity contribution in [3.63, 3.8) is 0 Å². The van der Waals surface area contributed by atoms with Crippen molar-refractivity contribution in [3.8, 4) is 0 Å². The lowest BCUT2D eigenvalue weighted by atomic mass is 9.72. The Bertz CT molecular complexity index is 583. The molecule has 0 aromatic carbocycles. The molecule has 6 heteroatoms. The summed E-state index contributed by atoms with van der Waals surface area (Å²) in [4.78, 5) is 4.11. The predicted octanol–water partition coefficient (Wildman–Crippen LogP) is 6.23. The van der Waals surface area contributed by atoms with E-state index in [0.717, 1.165) is 48.1 Å². The van der Waals surface area contributed by atoms with Crippen LogP contribution in [0.5, 0.6) is 0 Å². The molecule has 0 saturated heterocycles. The van der Waals surface area contributed by atoms with Crippen LogP contribution >= 0.6 is 23.2 Å². The van der Waals surface area contributed by atoms with E-state index in [1.165, 1.54) is 25.7 Å². The molecule has 1 aromatic heterocycles. The van der Waals surface area contributed by atoms with E-state index in [-0.39, 0.29) is 6.10 Å². The molecule has 3 rings (SSSR count). The molecule has 146 valence electrons. The highest BCUT2D eigenvalue weighted by molar-refractivity contribution is 6.73. The first-order valence-corrected chi connectivity index (χ1v) is 13.4. The average molecular weight is 415 g/mol. The van der Waals surface area contributed by atoms with Gasteiger partial charge in [0.25, 0.3) is 0 Å². The molecule has 2 saturated carbocycles. The van der Waals surface area contributed by atoms with Gasteiger partial charge in [0, 0.05) is 24.5 Å². The lowest BCUT2D eigenvalue weighted by Gasteiger charge is -2.37. The van der Waals surface area contributed by atoms with E-state index in [1.807, 2.05) is 0 Å². The molecule has 2 aliphatic rings. The van der Waals surface area contributed by atoms with Gasteiger partial charge >= 0.3 is 0 Å². The van der Waals surface area contributed by atoms with Crippen molar-refractivity contribution >= 4 is 31.5 Å². The molecule has 1 aromatic rings. The van der Waals surface area contributed by atoms with Gasteiger partial charge in [-0.15, -0.1) is 0 Å². The second-order valence-electron chi connectivity index (χ2n) is 8.30. The third-order valence-corrected chi connectivity index (χ3v) is 12.0. The van der Waals surface area contributed by atoms with Crippen molar-refractivity contribution in [3.05, 3.63) is 28.0 Å². The second-order valence-corrected chi connectivity index (χ2v) is 13.8. The molecule has 2 fully saturated rings. The van der Waals surface area contributed by atoms with Gasteiger partial charge in [0.15, 0.2) is 8.32 Å². The SMILES string of the molecule is CC[Si](CC)(CC)OC(CNCC1CC2(CC2)C1)c1c(Cl)cncc1Cl. The van der Waals surface area contributed by atoms with E-state index in [4.69, 9.17) is 27.6 Å². The van der Waals surface area contributed by atoms with Crippen LogP contribution in [0.2, 0.25) is 28.2 Å². The van der Waals surface area contributed by atoms with E-state index in [9.17, 15) is 0 Å². The fraction of sp³-hybridized carbons (Fsp3) is 0.750. The summed E-state index contributed by atoms with van der Waals surface area (Å²) in [6.07, 6.45) is 8.97. The van der Waals surface area contributed by atoms with Crippen LogP contribution in [0, 0.1) is 11.3 Å². The van der Waals surface area contributed by atoms with Gasteiger partial charge in [-0.25, -0.2) is 0 Å². The minimum absolute atomic E-state index is 0.0977. The Morgan fingerprint density at radius 1 is 1.15 bits per heavy atom. The van der Waals surface area contributed by atoms with Gasteiger partial charge in [-0.05, 0) is 61.7 Å². The third-order valence-electron chi connectivity index (χ3n) is 6.70. The number of hydrogen-bond donors (Lipinski definition) is 1. The Morgan fingerprint density at radius 2 is 1.73 bits per heavy atom. The van der Waals surface area contributed by atoms with Gasteiger partial charge in [-0.2, -0.15) is 0 Å². The van der Waals surface area contributed by atoms with Crippen molar-refractivity contribution in [1.82, 2.24) is 10.3 Å². The first kappa shape index (κ1) is 20.6. The number of aromatic nitrogens is 1. The first-order valence-electron chi connectivity index (χ1n) is 10.1. The Morgan fingerprint density at radius 3 is 2.23 bits per heavy atom. The molecule has 0 bridgehead atoms. The van der Waals surface area contributed by atoms with Crippen LogP contribution in [0.3, 0.4) is 0 Å². The molecule has 1 N–H and O–H groups in total. The van der Waals surface area contributed by atoms with Gasteiger partial charge in [-0.3, -0.25) is 4.98 Å². The maximum absolute atomic E-state index is 6.80. The van der Waals surface area contributed by atoms with Crippen LogP contribution in [-0.2, 0) is 4.43 Å². The molecular weight excluding hydrogens is 383 g/mol. The molecule has 0 radical (unpaired) electrons. The second kappa shape index (κ2) is 8.48. The zero-order valence-corrected chi connectivity index (χ0v) is 18.8. The van der Waals surface area contributed by atoms with Gasteiger partial charge in [-0.1, -0.05) is 44.0 Å². The van der Waals surface area contributed by atoms with Crippen LogP contribution in [-0.4, -0.2) is 26.4 Å². The van der Waals surface area contributed by atoms with Crippen LogP contribution in [0.15, 0.2) is 12.4 Å². The lowest BCUT2D eigenvalue weighted by molar-refractivity contribution is 0.148. The lowest BCUT2D eigenvalue weighted by Crippen LogP contribution is -2.41. The Hall–Kier alpha value is -0.133. The van der Waals surface area contributed by atoms with Crippen LogP contribution in [0.4, 0.5) is 0 Å². The zero-order chi connectivity index (χ0) is 18.8. The smallest absolute Gasteiger partial charge is 0.192 e. The fourth-order valence-electron chi connectivity index (χ4n) is 4.55. The largest absolute Gasteiger partial charge is 0.409 e. The van der Waals surface area contributed by atoms with Gasteiger partial charge in [0.05, 0.1) is 16.1 Å². The van der Waals surface area contributed by atoms with E-state index >= 15 is 0 Å². The average Bonchev–Trinajstić information content (AvgIpc) is 3.39. The highest BCUT2D eigenvalue weighted by atomic mass is 35.5. The minimum atomic E-state index is -1.77. The molecule has 3 nitrogen and oxygen atoms in total. The van der Waals surface area contributed by atoms with Gasteiger partial charge < -0.3 is 9.74 Å².